The Morgan fingerprint density at radius 3 is 2.86 bits per heavy atom. The van der Waals surface area contributed by atoms with E-state index in [0.29, 0.717) is 18.0 Å². The molecule has 1 aliphatic heterocycles. The quantitative estimate of drug-likeness (QED) is 0.695. The van der Waals surface area contributed by atoms with Crippen molar-refractivity contribution in [1.82, 2.24) is 4.90 Å². The van der Waals surface area contributed by atoms with Gasteiger partial charge in [-0.25, -0.2) is 0 Å². The van der Waals surface area contributed by atoms with E-state index < -0.39 is 0 Å². The van der Waals surface area contributed by atoms with Crippen LogP contribution in [0.3, 0.4) is 0 Å². The van der Waals surface area contributed by atoms with Crippen LogP contribution < -0.4 is 10.6 Å². The van der Waals surface area contributed by atoms with E-state index in [1.165, 1.54) is 23.3 Å². The van der Waals surface area contributed by atoms with Gasteiger partial charge in [-0.3, -0.25) is 4.79 Å². The summed E-state index contributed by atoms with van der Waals surface area (Å²) in [5.74, 6) is 0.0115. The minimum absolute atomic E-state index is 0.0115. The Kier molecular flexibility index (Phi) is 6.48. The number of hydrogen-bond acceptors (Lipinski definition) is 5. The van der Waals surface area contributed by atoms with Crippen molar-refractivity contribution in [2.75, 3.05) is 30.3 Å². The van der Waals surface area contributed by atoms with Gasteiger partial charge in [0.15, 0.2) is 0 Å². The number of nitriles is 1. The number of likely N-dealkylation sites (tertiary alicyclic amines) is 1. The molecule has 1 aromatic heterocycles. The maximum absolute atomic E-state index is 12.5. The minimum Gasteiger partial charge on any atom is -0.381 e. The van der Waals surface area contributed by atoms with Gasteiger partial charge in [0.1, 0.15) is 11.1 Å². The predicted molar refractivity (Wildman–Crippen MR) is 118 cm³/mol. The second-order valence-corrected chi connectivity index (χ2v) is 9.08. The summed E-state index contributed by atoms with van der Waals surface area (Å²) in [6, 6.07) is 13.1. The molecule has 29 heavy (non-hydrogen) atoms. The highest BCUT2D eigenvalue weighted by atomic mass is 32.1. The first-order valence-electron chi connectivity index (χ1n) is 10.6. The number of para-hydroxylation sites is 1. The zero-order valence-corrected chi connectivity index (χ0v) is 17.6. The molecule has 2 heterocycles. The summed E-state index contributed by atoms with van der Waals surface area (Å²) >= 11 is 1.61. The molecule has 0 saturated carbocycles. The lowest BCUT2D eigenvalue weighted by molar-refractivity contribution is -0.116. The van der Waals surface area contributed by atoms with E-state index in [2.05, 4.69) is 33.7 Å². The third-order valence-corrected chi connectivity index (χ3v) is 7.07. The zero-order chi connectivity index (χ0) is 20.1. The number of aryl methyl sites for hydroxylation is 1. The largest absolute Gasteiger partial charge is 0.381 e. The maximum atomic E-state index is 12.5. The van der Waals surface area contributed by atoms with E-state index in [4.69, 9.17) is 0 Å². The monoisotopic (exact) mass is 408 g/mol. The highest BCUT2D eigenvalue weighted by Gasteiger charge is 2.24. The van der Waals surface area contributed by atoms with Crippen LogP contribution in [0.4, 0.5) is 10.7 Å². The Bertz CT molecular complexity index is 886. The van der Waals surface area contributed by atoms with Crippen LogP contribution in [-0.2, 0) is 17.6 Å². The van der Waals surface area contributed by atoms with Crippen molar-refractivity contribution >= 4 is 27.9 Å². The Morgan fingerprint density at radius 1 is 1.21 bits per heavy atom. The standard InChI is InChI=1S/C23H28N4OS/c24-15-20-19-9-5-2-6-10-21(19)29-23(20)26-22(28)12-14-27-13-11-18(16-27)25-17-7-3-1-4-8-17/h1,3-4,7-8,18,25H,2,5-6,9-14,16H2,(H,26,28). The molecule has 2 N–H and O–H groups in total. The van der Waals surface area contributed by atoms with Crippen LogP contribution in [0.2, 0.25) is 0 Å². The predicted octanol–water partition coefficient (Wildman–Crippen LogP) is 4.40. The summed E-state index contributed by atoms with van der Waals surface area (Å²) in [5.41, 5.74) is 3.03. The molecule has 5 nitrogen and oxygen atoms in total. The van der Waals surface area contributed by atoms with E-state index >= 15 is 0 Å². The summed E-state index contributed by atoms with van der Waals surface area (Å²) in [5, 5.41) is 17.0. The fraction of sp³-hybridized carbons (Fsp3) is 0.478. The molecule has 1 fully saturated rings. The Labute approximate surface area is 176 Å². The number of nitrogens with one attached hydrogen (secondary N) is 2. The van der Waals surface area contributed by atoms with Crippen LogP contribution in [0.15, 0.2) is 30.3 Å². The molecule has 1 aromatic carbocycles. The fourth-order valence-corrected chi connectivity index (χ4v) is 5.58. The number of benzene rings is 1. The Morgan fingerprint density at radius 2 is 2.03 bits per heavy atom. The molecule has 2 aromatic rings. The van der Waals surface area contributed by atoms with Crippen molar-refractivity contribution in [3.8, 4) is 6.07 Å². The number of hydrogen-bond donors (Lipinski definition) is 2. The first-order valence-corrected chi connectivity index (χ1v) is 11.4. The van der Waals surface area contributed by atoms with Gasteiger partial charge in [-0.05, 0) is 49.8 Å². The van der Waals surface area contributed by atoms with E-state index in [-0.39, 0.29) is 5.91 Å². The molecular formula is C23H28N4OS. The number of carbonyl (C=O) groups is 1. The van der Waals surface area contributed by atoms with Crippen LogP contribution in [0.25, 0.3) is 0 Å². The molecule has 4 rings (SSSR count). The summed E-state index contributed by atoms with van der Waals surface area (Å²) in [4.78, 5) is 16.2. The van der Waals surface area contributed by atoms with Gasteiger partial charge >= 0.3 is 0 Å². The van der Waals surface area contributed by atoms with Crippen LogP contribution in [0.1, 0.15) is 48.1 Å². The first-order chi connectivity index (χ1) is 14.2. The summed E-state index contributed by atoms with van der Waals surface area (Å²) in [7, 11) is 0. The van der Waals surface area contributed by atoms with Gasteiger partial charge in [-0.1, -0.05) is 24.6 Å². The van der Waals surface area contributed by atoms with Gasteiger partial charge < -0.3 is 15.5 Å². The van der Waals surface area contributed by atoms with E-state index in [0.717, 1.165) is 56.0 Å². The van der Waals surface area contributed by atoms with E-state index in [9.17, 15) is 10.1 Å². The minimum atomic E-state index is 0.0115. The summed E-state index contributed by atoms with van der Waals surface area (Å²) in [6.07, 6.45) is 7.10. The SMILES string of the molecule is N#Cc1c(NC(=O)CCN2CCC(Nc3ccccc3)C2)sc2c1CCCCC2. The van der Waals surface area contributed by atoms with Gasteiger partial charge in [0.05, 0.1) is 5.56 Å². The third kappa shape index (κ3) is 4.98. The molecule has 1 atom stereocenters. The van der Waals surface area contributed by atoms with Gasteiger partial charge in [0, 0.05) is 42.7 Å². The Balaban J connectivity index is 1.27. The van der Waals surface area contributed by atoms with Crippen LogP contribution >= 0.6 is 11.3 Å². The molecule has 0 radical (unpaired) electrons. The lowest BCUT2D eigenvalue weighted by Gasteiger charge is -2.17. The van der Waals surface area contributed by atoms with Crippen LogP contribution in [-0.4, -0.2) is 36.5 Å². The lowest BCUT2D eigenvalue weighted by Crippen LogP contribution is -2.29. The lowest BCUT2D eigenvalue weighted by atomic mass is 10.1. The average Bonchev–Trinajstić information content (AvgIpc) is 3.23. The van der Waals surface area contributed by atoms with E-state index in [1.807, 2.05) is 18.2 Å². The second-order valence-electron chi connectivity index (χ2n) is 7.98. The zero-order valence-electron chi connectivity index (χ0n) is 16.7. The average molecular weight is 409 g/mol. The van der Waals surface area contributed by atoms with Crippen molar-refractivity contribution in [3.05, 3.63) is 46.3 Å². The number of amides is 1. The number of nitrogens with zero attached hydrogens (tertiary/aromatic N) is 2. The van der Waals surface area contributed by atoms with Crippen molar-refractivity contribution in [2.45, 2.75) is 51.0 Å². The van der Waals surface area contributed by atoms with Crippen molar-refractivity contribution < 1.29 is 4.79 Å². The number of fused-ring (bicyclic) bond motifs is 1. The number of carbonyl (C=O) groups excluding carboxylic acids is 1. The molecule has 1 aliphatic carbocycles. The summed E-state index contributed by atoms with van der Waals surface area (Å²) in [6.45, 7) is 2.72. The van der Waals surface area contributed by atoms with E-state index in [1.54, 1.807) is 11.3 Å². The highest BCUT2D eigenvalue weighted by Crippen LogP contribution is 2.37. The number of anilines is 2. The van der Waals surface area contributed by atoms with Crippen LogP contribution in [0.5, 0.6) is 0 Å². The number of thiophene rings is 1. The van der Waals surface area contributed by atoms with Gasteiger partial charge in [-0.15, -0.1) is 11.3 Å². The molecule has 0 spiro atoms. The van der Waals surface area contributed by atoms with Crippen LogP contribution in [0, 0.1) is 11.3 Å². The summed E-state index contributed by atoms with van der Waals surface area (Å²) < 4.78 is 0. The third-order valence-electron chi connectivity index (χ3n) is 5.86. The van der Waals surface area contributed by atoms with Crippen molar-refractivity contribution in [3.63, 3.8) is 0 Å². The normalized spacial score (nSPS) is 19.2. The van der Waals surface area contributed by atoms with Crippen molar-refractivity contribution in [1.29, 1.82) is 5.26 Å². The molecule has 1 saturated heterocycles. The molecule has 2 aliphatic rings. The second kappa shape index (κ2) is 9.43. The van der Waals surface area contributed by atoms with Crippen molar-refractivity contribution in [2.24, 2.45) is 0 Å². The Hall–Kier alpha value is -2.36. The molecule has 152 valence electrons. The molecule has 6 heteroatoms. The smallest absolute Gasteiger partial charge is 0.226 e. The molecule has 1 amide bonds. The van der Waals surface area contributed by atoms with Gasteiger partial charge in [0.25, 0.3) is 0 Å². The molecular weight excluding hydrogens is 380 g/mol. The van der Waals surface area contributed by atoms with Gasteiger partial charge in [0.2, 0.25) is 5.91 Å². The maximum Gasteiger partial charge on any atom is 0.226 e. The molecule has 0 bridgehead atoms. The first kappa shape index (κ1) is 19.9. The molecule has 1 unspecified atom stereocenters. The fourth-order valence-electron chi connectivity index (χ4n) is 4.32. The topological polar surface area (TPSA) is 68.2 Å². The number of rotatable bonds is 6. The van der Waals surface area contributed by atoms with Gasteiger partial charge in [-0.2, -0.15) is 5.26 Å². The highest BCUT2D eigenvalue weighted by molar-refractivity contribution is 7.16.